The molecule has 0 radical (unpaired) electrons. The van der Waals surface area contributed by atoms with E-state index in [4.69, 9.17) is 0 Å². The van der Waals surface area contributed by atoms with Crippen LogP contribution in [0.1, 0.15) is 12.5 Å². The van der Waals surface area contributed by atoms with Gasteiger partial charge in [-0.1, -0.05) is 18.7 Å². The van der Waals surface area contributed by atoms with E-state index in [9.17, 15) is 14.7 Å². The van der Waals surface area contributed by atoms with Gasteiger partial charge >= 0.3 is 5.97 Å². The highest BCUT2D eigenvalue weighted by molar-refractivity contribution is 8.22. The summed E-state index contributed by atoms with van der Waals surface area (Å²) in [5.74, 6) is -0.509. The second-order valence-electron chi connectivity index (χ2n) is 4.57. The second kappa shape index (κ2) is 5.27. The highest BCUT2D eigenvalue weighted by atomic mass is 32.2. The van der Waals surface area contributed by atoms with Gasteiger partial charge in [-0.25, -0.2) is 4.79 Å². The number of carboxylic acid groups (broad SMARTS) is 1. The van der Waals surface area contributed by atoms with Crippen LogP contribution in [0.15, 0.2) is 27.9 Å². The van der Waals surface area contributed by atoms with Gasteiger partial charge in [-0.2, -0.15) is 5.10 Å². The first kappa shape index (κ1) is 14.3. The number of aromatic nitrogens is 2. The van der Waals surface area contributed by atoms with E-state index in [0.717, 1.165) is 11.3 Å². The van der Waals surface area contributed by atoms with Crippen molar-refractivity contribution in [1.29, 1.82) is 0 Å². The van der Waals surface area contributed by atoms with Gasteiger partial charge in [-0.05, 0) is 11.8 Å². The average molecular weight is 323 g/mol. The molecule has 3 heterocycles. The minimum absolute atomic E-state index is 0.116. The Bertz CT molecular complexity index is 693. The Hall–Kier alpha value is -1.67. The fourth-order valence-corrected chi connectivity index (χ4v) is 4.85. The number of aliphatic carboxylic acids is 1. The average Bonchev–Trinajstić information content (AvgIpc) is 2.98. The third-order valence-electron chi connectivity index (χ3n) is 3.14. The summed E-state index contributed by atoms with van der Waals surface area (Å²) in [5, 5.41) is 13.2. The Morgan fingerprint density at radius 3 is 2.95 bits per heavy atom. The number of hydrogen-bond acceptors (Lipinski definition) is 5. The lowest BCUT2D eigenvalue weighted by Gasteiger charge is -2.36. The van der Waals surface area contributed by atoms with Crippen LogP contribution in [0.25, 0.3) is 6.08 Å². The number of carbonyl (C=O) groups excluding carboxylic acids is 1. The van der Waals surface area contributed by atoms with Crippen LogP contribution in [0.4, 0.5) is 0 Å². The zero-order chi connectivity index (χ0) is 15.1. The molecule has 0 bridgehead atoms. The highest BCUT2D eigenvalue weighted by Crippen LogP contribution is 2.52. The van der Waals surface area contributed by atoms with Crippen molar-refractivity contribution < 1.29 is 14.7 Å². The summed E-state index contributed by atoms with van der Waals surface area (Å²) >= 11 is 2.89. The SMILES string of the molecule is CCSC1=C(C(=O)O)N2C(=O)/C(=C/c3cnn(C)c3)[C@H]2S1. The van der Waals surface area contributed by atoms with Crippen LogP contribution in [0, 0.1) is 0 Å². The maximum Gasteiger partial charge on any atom is 0.354 e. The van der Waals surface area contributed by atoms with Crippen LogP contribution in [-0.2, 0) is 16.6 Å². The topological polar surface area (TPSA) is 75.4 Å². The number of carboxylic acids is 1. The molecule has 1 N–H and O–H groups in total. The molecule has 0 aromatic carbocycles. The van der Waals surface area contributed by atoms with Crippen LogP contribution >= 0.6 is 23.5 Å². The normalized spacial score (nSPS) is 22.8. The molecule has 2 aliphatic rings. The van der Waals surface area contributed by atoms with Gasteiger partial charge in [0.2, 0.25) is 0 Å². The number of thioether (sulfide) groups is 2. The molecule has 21 heavy (non-hydrogen) atoms. The maximum absolute atomic E-state index is 12.2. The molecule has 0 saturated carbocycles. The standard InChI is InChI=1S/C13H13N3O3S2/c1-3-20-13-9(12(18)19)16-10(17)8(11(16)21-13)4-7-5-14-15(2)6-7/h4-6,11H,3H2,1-2H3,(H,18,19)/b8-4-/t11-/m1/s1. The Balaban J connectivity index is 1.89. The van der Waals surface area contributed by atoms with Crippen molar-refractivity contribution >= 4 is 41.5 Å². The molecule has 8 heteroatoms. The molecule has 2 aliphatic heterocycles. The minimum atomic E-state index is -1.05. The predicted octanol–water partition coefficient (Wildman–Crippen LogP) is 1.73. The van der Waals surface area contributed by atoms with Crippen LogP contribution < -0.4 is 0 Å². The van der Waals surface area contributed by atoms with Gasteiger partial charge in [0.25, 0.3) is 5.91 Å². The molecule has 0 aliphatic carbocycles. The molecule has 0 unspecified atom stereocenters. The van der Waals surface area contributed by atoms with E-state index in [1.165, 1.54) is 28.4 Å². The molecule has 0 spiro atoms. The van der Waals surface area contributed by atoms with E-state index >= 15 is 0 Å². The molecule has 1 aromatic heterocycles. The Labute approximate surface area is 129 Å². The summed E-state index contributed by atoms with van der Waals surface area (Å²) in [5.41, 5.74) is 1.58. The summed E-state index contributed by atoms with van der Waals surface area (Å²) in [6.07, 6.45) is 5.27. The van der Waals surface area contributed by atoms with Gasteiger partial charge in [-0.3, -0.25) is 14.4 Å². The molecule has 1 atom stereocenters. The Kier molecular flexibility index (Phi) is 3.58. The van der Waals surface area contributed by atoms with Crippen LogP contribution in [-0.4, -0.2) is 42.8 Å². The first-order valence-corrected chi connectivity index (χ1v) is 8.20. The summed E-state index contributed by atoms with van der Waals surface area (Å²) < 4.78 is 2.37. The third-order valence-corrected chi connectivity index (χ3v) is 5.63. The summed E-state index contributed by atoms with van der Waals surface area (Å²) in [4.78, 5) is 25.0. The lowest BCUT2D eigenvalue weighted by atomic mass is 10.0. The van der Waals surface area contributed by atoms with E-state index < -0.39 is 5.97 Å². The van der Waals surface area contributed by atoms with Crippen LogP contribution in [0.5, 0.6) is 0 Å². The number of aryl methyl sites for hydroxylation is 1. The van der Waals surface area contributed by atoms with Gasteiger partial charge in [0.15, 0.2) is 5.70 Å². The molecule has 3 rings (SSSR count). The number of carbonyl (C=O) groups is 2. The van der Waals surface area contributed by atoms with Crippen molar-refractivity contribution in [1.82, 2.24) is 14.7 Å². The van der Waals surface area contributed by atoms with Gasteiger partial charge < -0.3 is 5.11 Å². The summed E-state index contributed by atoms with van der Waals surface area (Å²) in [7, 11) is 1.81. The maximum atomic E-state index is 12.2. The highest BCUT2D eigenvalue weighted by Gasteiger charge is 2.52. The molecule has 1 aromatic rings. The number of amides is 1. The zero-order valence-corrected chi connectivity index (χ0v) is 13.1. The van der Waals surface area contributed by atoms with Crippen molar-refractivity contribution in [3.8, 4) is 0 Å². The van der Waals surface area contributed by atoms with Gasteiger partial charge in [0.1, 0.15) is 5.37 Å². The van der Waals surface area contributed by atoms with Crippen molar-refractivity contribution in [3.63, 3.8) is 0 Å². The van der Waals surface area contributed by atoms with E-state index in [-0.39, 0.29) is 17.0 Å². The van der Waals surface area contributed by atoms with Crippen molar-refractivity contribution in [3.05, 3.63) is 33.5 Å². The number of fused-ring (bicyclic) bond motifs is 1. The molecule has 6 nitrogen and oxygen atoms in total. The predicted molar refractivity (Wildman–Crippen MR) is 82.2 cm³/mol. The largest absolute Gasteiger partial charge is 0.477 e. The number of nitrogens with zero attached hydrogens (tertiary/aromatic N) is 3. The smallest absolute Gasteiger partial charge is 0.354 e. The summed E-state index contributed by atoms with van der Waals surface area (Å²) in [6, 6.07) is 0. The van der Waals surface area contributed by atoms with Gasteiger partial charge in [0, 0.05) is 18.8 Å². The lowest BCUT2D eigenvalue weighted by molar-refractivity contribution is -0.141. The monoisotopic (exact) mass is 323 g/mol. The quantitative estimate of drug-likeness (QED) is 0.672. The third kappa shape index (κ3) is 2.28. The molecule has 110 valence electrons. The lowest BCUT2D eigenvalue weighted by Crippen LogP contribution is -2.51. The number of β-lactam (4-membered cyclic amide) rings is 1. The zero-order valence-electron chi connectivity index (χ0n) is 11.4. The first-order valence-electron chi connectivity index (χ1n) is 6.33. The van der Waals surface area contributed by atoms with Crippen molar-refractivity contribution in [2.75, 3.05) is 5.75 Å². The van der Waals surface area contributed by atoms with E-state index in [1.54, 1.807) is 24.0 Å². The van der Waals surface area contributed by atoms with Gasteiger partial charge in [-0.15, -0.1) is 11.8 Å². The number of rotatable bonds is 4. The Morgan fingerprint density at radius 1 is 1.62 bits per heavy atom. The molecule has 1 amide bonds. The van der Waals surface area contributed by atoms with Gasteiger partial charge in [0.05, 0.1) is 16.0 Å². The second-order valence-corrected chi connectivity index (χ2v) is 7.19. The van der Waals surface area contributed by atoms with Crippen LogP contribution in [0.2, 0.25) is 0 Å². The van der Waals surface area contributed by atoms with E-state index in [2.05, 4.69) is 5.10 Å². The van der Waals surface area contributed by atoms with Crippen molar-refractivity contribution in [2.24, 2.45) is 7.05 Å². The van der Waals surface area contributed by atoms with E-state index in [0.29, 0.717) is 9.81 Å². The van der Waals surface area contributed by atoms with Crippen molar-refractivity contribution in [2.45, 2.75) is 12.3 Å². The Morgan fingerprint density at radius 2 is 2.38 bits per heavy atom. The number of hydrogen-bond donors (Lipinski definition) is 1. The molecular weight excluding hydrogens is 310 g/mol. The minimum Gasteiger partial charge on any atom is -0.477 e. The molecule has 1 fully saturated rings. The fourth-order valence-electron chi connectivity index (χ4n) is 2.27. The van der Waals surface area contributed by atoms with E-state index in [1.807, 2.05) is 13.1 Å². The first-order chi connectivity index (χ1) is 10.0. The van der Waals surface area contributed by atoms with Crippen LogP contribution in [0.3, 0.4) is 0 Å². The molecular formula is C13H13N3O3S2. The summed E-state index contributed by atoms with van der Waals surface area (Å²) in [6.45, 7) is 1.96. The fraction of sp³-hybridized carbons (Fsp3) is 0.308. The molecule has 1 saturated heterocycles.